The van der Waals surface area contributed by atoms with Crippen molar-refractivity contribution in [2.75, 3.05) is 33.2 Å². The smallest absolute Gasteiger partial charge is 0.137 e. The molecule has 0 unspecified atom stereocenters. The van der Waals surface area contributed by atoms with E-state index < -0.39 is 0 Å². The molecule has 0 bridgehead atoms. The Labute approximate surface area is 115 Å². The molecule has 0 aromatic heterocycles. The van der Waals surface area contributed by atoms with Crippen LogP contribution in [0.4, 0.5) is 11.4 Å². The van der Waals surface area contributed by atoms with E-state index >= 15 is 0 Å². The summed E-state index contributed by atoms with van der Waals surface area (Å²) in [6, 6.07) is 21.8. The van der Waals surface area contributed by atoms with Crippen molar-refractivity contribution >= 4 is 11.4 Å². The van der Waals surface area contributed by atoms with Crippen LogP contribution in [0.2, 0.25) is 0 Å². The van der Waals surface area contributed by atoms with Crippen molar-refractivity contribution in [3.05, 3.63) is 60.7 Å². The van der Waals surface area contributed by atoms with E-state index in [1.165, 1.54) is 11.4 Å². The molecule has 2 heteroatoms. The minimum atomic E-state index is 0.978. The van der Waals surface area contributed by atoms with Gasteiger partial charge in [-0.25, -0.2) is 0 Å². The van der Waals surface area contributed by atoms with Gasteiger partial charge in [0.05, 0.1) is 0 Å². The highest BCUT2D eigenvalue weighted by Crippen LogP contribution is 2.35. The minimum Gasteiger partial charge on any atom is -0.295 e. The molecule has 1 fully saturated rings. The van der Waals surface area contributed by atoms with Gasteiger partial charge in [0.25, 0.3) is 0 Å². The zero-order valence-corrected chi connectivity index (χ0v) is 11.5. The second-order valence-corrected chi connectivity index (χ2v) is 5.39. The lowest BCUT2D eigenvalue weighted by Gasteiger charge is -2.43. The normalized spacial score (nSPS) is 19.2. The van der Waals surface area contributed by atoms with Crippen LogP contribution in [0.15, 0.2) is 60.7 Å². The molecule has 0 amide bonds. The molecule has 0 radical (unpaired) electrons. The minimum absolute atomic E-state index is 0.978. The summed E-state index contributed by atoms with van der Waals surface area (Å²) in [7, 11) is 2.21. The predicted molar refractivity (Wildman–Crippen MR) is 81.6 cm³/mol. The average molecular weight is 253 g/mol. The summed E-state index contributed by atoms with van der Waals surface area (Å²) in [4.78, 5) is 2.42. The second kappa shape index (κ2) is 5.16. The highest BCUT2D eigenvalue weighted by Gasteiger charge is 2.36. The molecule has 1 saturated heterocycles. The van der Waals surface area contributed by atoms with E-state index in [9.17, 15) is 0 Å². The maximum absolute atomic E-state index is 2.42. The molecule has 2 nitrogen and oxygen atoms in total. The third kappa shape index (κ3) is 2.29. The van der Waals surface area contributed by atoms with Gasteiger partial charge in [-0.2, -0.15) is 0 Å². The van der Waals surface area contributed by atoms with Gasteiger partial charge in [0.2, 0.25) is 0 Å². The highest BCUT2D eigenvalue weighted by molar-refractivity contribution is 5.58. The van der Waals surface area contributed by atoms with Crippen LogP contribution >= 0.6 is 0 Å². The van der Waals surface area contributed by atoms with Gasteiger partial charge in [-0.1, -0.05) is 36.4 Å². The van der Waals surface area contributed by atoms with Crippen LogP contribution in [0, 0.1) is 0 Å². The summed E-state index contributed by atoms with van der Waals surface area (Å²) >= 11 is 0. The largest absolute Gasteiger partial charge is 0.295 e. The number of para-hydroxylation sites is 2. The van der Waals surface area contributed by atoms with E-state index in [1.807, 2.05) is 0 Å². The maximum Gasteiger partial charge on any atom is 0.137 e. The Morgan fingerprint density at radius 3 is 1.58 bits per heavy atom. The number of nitrogens with zero attached hydrogens (tertiary/aromatic N) is 2. The van der Waals surface area contributed by atoms with Crippen LogP contribution in [-0.4, -0.2) is 38.1 Å². The van der Waals surface area contributed by atoms with Crippen molar-refractivity contribution in [2.24, 2.45) is 0 Å². The van der Waals surface area contributed by atoms with E-state index in [0.29, 0.717) is 0 Å². The molecule has 0 spiro atoms. The molecule has 0 saturated carbocycles. The van der Waals surface area contributed by atoms with Gasteiger partial charge >= 0.3 is 0 Å². The molecule has 1 heterocycles. The van der Waals surface area contributed by atoms with Crippen LogP contribution in [-0.2, 0) is 0 Å². The Bertz CT molecular complexity index is 472. The molecule has 98 valence electrons. The molecular weight excluding hydrogens is 232 g/mol. The van der Waals surface area contributed by atoms with Gasteiger partial charge in [0, 0.05) is 13.1 Å². The zero-order chi connectivity index (χ0) is 13.1. The Morgan fingerprint density at radius 1 is 0.737 bits per heavy atom. The van der Waals surface area contributed by atoms with Crippen LogP contribution in [0.1, 0.15) is 0 Å². The van der Waals surface area contributed by atoms with Crippen molar-refractivity contribution in [3.8, 4) is 0 Å². The van der Waals surface area contributed by atoms with E-state index in [1.54, 1.807) is 0 Å². The number of hydrogen-bond donors (Lipinski definition) is 0. The van der Waals surface area contributed by atoms with E-state index in [2.05, 4.69) is 72.6 Å². The Balaban J connectivity index is 2.06. The van der Waals surface area contributed by atoms with Crippen LogP contribution < -0.4 is 4.48 Å². The van der Waals surface area contributed by atoms with Crippen molar-refractivity contribution in [1.82, 2.24) is 9.38 Å². The summed E-state index contributed by atoms with van der Waals surface area (Å²) in [5, 5.41) is 0. The number of likely N-dealkylation sites (N-methyl/N-ethyl adjacent to an activating group) is 1. The predicted octanol–water partition coefficient (Wildman–Crippen LogP) is 3.27. The second-order valence-electron chi connectivity index (χ2n) is 5.39. The lowest BCUT2D eigenvalue weighted by molar-refractivity contribution is 0.204. The number of piperazine rings is 1. The van der Waals surface area contributed by atoms with Crippen molar-refractivity contribution in [2.45, 2.75) is 0 Å². The molecule has 0 N–H and O–H groups in total. The molecular formula is C17H21N2+. The van der Waals surface area contributed by atoms with Crippen LogP contribution in [0.3, 0.4) is 0 Å². The topological polar surface area (TPSA) is 3.24 Å². The van der Waals surface area contributed by atoms with Crippen LogP contribution in [0.5, 0.6) is 0 Å². The molecule has 19 heavy (non-hydrogen) atoms. The first-order valence-electron chi connectivity index (χ1n) is 6.98. The fourth-order valence-electron chi connectivity index (χ4n) is 3.00. The number of quaternary nitrogens is 1. The third-order valence-electron chi connectivity index (χ3n) is 4.23. The van der Waals surface area contributed by atoms with Crippen LogP contribution in [0.25, 0.3) is 0 Å². The van der Waals surface area contributed by atoms with Crippen molar-refractivity contribution in [1.29, 1.82) is 0 Å². The molecule has 2 aromatic carbocycles. The first-order valence-corrected chi connectivity index (χ1v) is 6.98. The standard InChI is InChI=1S/C17H21N2/c1-18-12-14-19(15-13-18,16-8-4-2-5-9-16)17-10-6-3-7-11-17/h2-11H,12-15H2,1H3/q+1. The molecule has 0 atom stereocenters. The van der Waals surface area contributed by atoms with Crippen molar-refractivity contribution in [3.63, 3.8) is 0 Å². The number of benzene rings is 2. The summed E-state index contributed by atoms with van der Waals surface area (Å²) in [6.07, 6.45) is 0. The zero-order valence-electron chi connectivity index (χ0n) is 11.5. The van der Waals surface area contributed by atoms with Gasteiger partial charge in [-0.15, -0.1) is 0 Å². The Hall–Kier alpha value is -1.64. The van der Waals surface area contributed by atoms with Gasteiger partial charge in [0.1, 0.15) is 24.5 Å². The monoisotopic (exact) mass is 253 g/mol. The lowest BCUT2D eigenvalue weighted by atomic mass is 10.1. The molecule has 0 aliphatic carbocycles. The number of hydrogen-bond acceptors (Lipinski definition) is 1. The van der Waals surface area contributed by atoms with E-state index in [-0.39, 0.29) is 0 Å². The first-order chi connectivity index (χ1) is 9.31. The van der Waals surface area contributed by atoms with Gasteiger partial charge in [-0.05, 0) is 31.3 Å². The third-order valence-corrected chi connectivity index (χ3v) is 4.23. The lowest BCUT2D eigenvalue weighted by Crippen LogP contribution is -2.56. The fraction of sp³-hybridized carbons (Fsp3) is 0.294. The SMILES string of the molecule is CN1CC[N+](c2ccccc2)(c2ccccc2)CC1. The summed E-state index contributed by atoms with van der Waals surface area (Å²) in [6.45, 7) is 4.57. The molecule has 3 rings (SSSR count). The Morgan fingerprint density at radius 2 is 1.16 bits per heavy atom. The average Bonchev–Trinajstić information content (AvgIpc) is 2.50. The summed E-state index contributed by atoms with van der Waals surface area (Å²) in [5.41, 5.74) is 2.81. The van der Waals surface area contributed by atoms with Gasteiger partial charge < -0.3 is 0 Å². The van der Waals surface area contributed by atoms with E-state index in [0.717, 1.165) is 30.7 Å². The van der Waals surface area contributed by atoms with Crippen molar-refractivity contribution < 1.29 is 0 Å². The highest BCUT2D eigenvalue weighted by atomic mass is 15.4. The number of rotatable bonds is 2. The van der Waals surface area contributed by atoms with Gasteiger partial charge in [0.15, 0.2) is 0 Å². The first kappa shape index (κ1) is 12.4. The molecule has 1 aliphatic heterocycles. The fourth-order valence-corrected chi connectivity index (χ4v) is 3.00. The van der Waals surface area contributed by atoms with E-state index in [4.69, 9.17) is 0 Å². The molecule has 2 aromatic rings. The molecule has 1 aliphatic rings. The maximum atomic E-state index is 2.42. The quantitative estimate of drug-likeness (QED) is 0.742. The summed E-state index contributed by atoms with van der Waals surface area (Å²) < 4.78 is 0.978. The van der Waals surface area contributed by atoms with Gasteiger partial charge in [-0.3, -0.25) is 9.38 Å². The Kier molecular flexibility index (Phi) is 3.36. The summed E-state index contributed by atoms with van der Waals surface area (Å²) in [5.74, 6) is 0.